The van der Waals surface area contributed by atoms with Crippen LogP contribution in [0.3, 0.4) is 0 Å². The molecule has 112 valence electrons. The predicted octanol–water partition coefficient (Wildman–Crippen LogP) is 3.66. The molecule has 1 aromatic carbocycles. The summed E-state index contributed by atoms with van der Waals surface area (Å²) < 4.78 is 13.6. The number of aryl methyl sites for hydroxylation is 1. The third-order valence-electron chi connectivity index (χ3n) is 4.55. The minimum absolute atomic E-state index is 0.108. The van der Waals surface area contributed by atoms with E-state index in [0.717, 1.165) is 12.1 Å². The SMILES string of the molecule is Cc1ccc(C(C)NCCC2CCCCN2C)cc1F. The van der Waals surface area contributed by atoms with Gasteiger partial charge in [-0.1, -0.05) is 18.6 Å². The lowest BCUT2D eigenvalue weighted by molar-refractivity contribution is 0.174. The lowest BCUT2D eigenvalue weighted by Crippen LogP contribution is -2.38. The van der Waals surface area contributed by atoms with Crippen molar-refractivity contribution in [2.45, 2.75) is 51.6 Å². The number of piperidine rings is 1. The average molecular weight is 278 g/mol. The topological polar surface area (TPSA) is 15.3 Å². The van der Waals surface area contributed by atoms with Crippen LogP contribution >= 0.6 is 0 Å². The fourth-order valence-electron chi connectivity index (χ4n) is 2.97. The largest absolute Gasteiger partial charge is 0.310 e. The first-order valence-corrected chi connectivity index (χ1v) is 7.77. The van der Waals surface area contributed by atoms with Crippen molar-refractivity contribution in [2.24, 2.45) is 0 Å². The van der Waals surface area contributed by atoms with E-state index in [1.54, 1.807) is 13.0 Å². The standard InChI is InChI=1S/C17H27FN2/c1-13-7-8-15(12-17(13)18)14(2)19-10-9-16-6-4-5-11-20(16)3/h7-8,12,14,16,19H,4-6,9-11H2,1-3H3. The lowest BCUT2D eigenvalue weighted by Gasteiger charge is -2.32. The number of nitrogens with one attached hydrogen (secondary N) is 1. The maximum atomic E-state index is 13.6. The molecule has 1 saturated heterocycles. The highest BCUT2D eigenvalue weighted by atomic mass is 19.1. The van der Waals surface area contributed by atoms with Gasteiger partial charge in [0.2, 0.25) is 0 Å². The first-order chi connectivity index (χ1) is 9.58. The highest BCUT2D eigenvalue weighted by molar-refractivity contribution is 5.25. The number of benzene rings is 1. The highest BCUT2D eigenvalue weighted by Crippen LogP contribution is 2.19. The molecule has 1 aliphatic rings. The zero-order valence-corrected chi connectivity index (χ0v) is 13.0. The van der Waals surface area contributed by atoms with Crippen LogP contribution in [-0.2, 0) is 0 Å². The zero-order valence-electron chi connectivity index (χ0n) is 13.0. The van der Waals surface area contributed by atoms with Gasteiger partial charge >= 0.3 is 0 Å². The van der Waals surface area contributed by atoms with Crippen LogP contribution in [0.1, 0.15) is 49.8 Å². The Balaban J connectivity index is 1.79. The van der Waals surface area contributed by atoms with Crippen LogP contribution in [0.4, 0.5) is 4.39 Å². The Bertz CT molecular complexity index is 433. The van der Waals surface area contributed by atoms with Gasteiger partial charge in [0, 0.05) is 12.1 Å². The van der Waals surface area contributed by atoms with E-state index in [-0.39, 0.29) is 11.9 Å². The smallest absolute Gasteiger partial charge is 0.126 e. The molecule has 2 atom stereocenters. The Kier molecular flexibility index (Phi) is 5.55. The third kappa shape index (κ3) is 4.03. The van der Waals surface area contributed by atoms with Gasteiger partial charge in [0.1, 0.15) is 5.82 Å². The lowest BCUT2D eigenvalue weighted by atomic mass is 10.00. The molecule has 0 radical (unpaired) electrons. The van der Waals surface area contributed by atoms with Crippen molar-refractivity contribution in [2.75, 3.05) is 20.1 Å². The van der Waals surface area contributed by atoms with E-state index in [4.69, 9.17) is 0 Å². The molecule has 1 fully saturated rings. The Morgan fingerprint density at radius 2 is 2.20 bits per heavy atom. The number of nitrogens with zero attached hydrogens (tertiary/aromatic N) is 1. The Labute approximate surface area is 122 Å². The first kappa shape index (κ1) is 15.5. The van der Waals surface area contributed by atoms with E-state index < -0.39 is 0 Å². The quantitative estimate of drug-likeness (QED) is 0.884. The molecule has 0 bridgehead atoms. The molecule has 3 heteroatoms. The van der Waals surface area contributed by atoms with Crippen LogP contribution in [-0.4, -0.2) is 31.1 Å². The van der Waals surface area contributed by atoms with Crippen molar-refractivity contribution in [3.8, 4) is 0 Å². The summed E-state index contributed by atoms with van der Waals surface area (Å²) in [7, 11) is 2.22. The van der Waals surface area contributed by atoms with Crippen LogP contribution in [0.25, 0.3) is 0 Å². The van der Waals surface area contributed by atoms with Crippen molar-refractivity contribution < 1.29 is 4.39 Å². The summed E-state index contributed by atoms with van der Waals surface area (Å²) in [4.78, 5) is 2.47. The molecule has 1 heterocycles. The molecule has 20 heavy (non-hydrogen) atoms. The van der Waals surface area contributed by atoms with Crippen molar-refractivity contribution >= 4 is 0 Å². The third-order valence-corrected chi connectivity index (χ3v) is 4.55. The van der Waals surface area contributed by atoms with Gasteiger partial charge in [-0.15, -0.1) is 0 Å². The van der Waals surface area contributed by atoms with Gasteiger partial charge in [-0.2, -0.15) is 0 Å². The number of hydrogen-bond acceptors (Lipinski definition) is 2. The zero-order chi connectivity index (χ0) is 14.5. The second kappa shape index (κ2) is 7.19. The molecular formula is C17H27FN2. The summed E-state index contributed by atoms with van der Waals surface area (Å²) in [6.07, 6.45) is 5.17. The molecule has 1 N–H and O–H groups in total. The van der Waals surface area contributed by atoms with Crippen molar-refractivity contribution in [3.05, 3.63) is 35.1 Å². The van der Waals surface area contributed by atoms with E-state index in [1.165, 1.54) is 32.2 Å². The van der Waals surface area contributed by atoms with E-state index in [2.05, 4.69) is 24.2 Å². The second-order valence-electron chi connectivity index (χ2n) is 6.10. The second-order valence-corrected chi connectivity index (χ2v) is 6.10. The highest BCUT2D eigenvalue weighted by Gasteiger charge is 2.18. The molecule has 1 aliphatic heterocycles. The molecule has 2 nitrogen and oxygen atoms in total. The molecular weight excluding hydrogens is 251 g/mol. The number of rotatable bonds is 5. The molecule has 2 rings (SSSR count). The minimum Gasteiger partial charge on any atom is -0.310 e. The Morgan fingerprint density at radius 3 is 2.90 bits per heavy atom. The predicted molar refractivity (Wildman–Crippen MR) is 82.4 cm³/mol. The van der Waals surface area contributed by atoms with Crippen LogP contribution in [0.5, 0.6) is 0 Å². The molecule has 0 aliphatic carbocycles. The van der Waals surface area contributed by atoms with Gasteiger partial charge in [-0.25, -0.2) is 4.39 Å². The van der Waals surface area contributed by atoms with E-state index >= 15 is 0 Å². The average Bonchev–Trinajstić information content (AvgIpc) is 2.44. The van der Waals surface area contributed by atoms with E-state index in [0.29, 0.717) is 11.6 Å². The summed E-state index contributed by atoms with van der Waals surface area (Å²) in [6, 6.07) is 6.44. The van der Waals surface area contributed by atoms with Gasteiger partial charge in [-0.05, 0) is 70.4 Å². The molecule has 2 unspecified atom stereocenters. The summed E-state index contributed by atoms with van der Waals surface area (Å²) in [6.45, 7) is 6.12. The van der Waals surface area contributed by atoms with Gasteiger partial charge < -0.3 is 10.2 Å². The molecule has 1 aromatic rings. The summed E-state index contributed by atoms with van der Waals surface area (Å²) >= 11 is 0. The Hall–Kier alpha value is -0.930. The van der Waals surface area contributed by atoms with Gasteiger partial charge in [0.15, 0.2) is 0 Å². The van der Waals surface area contributed by atoms with Crippen molar-refractivity contribution in [3.63, 3.8) is 0 Å². The monoisotopic (exact) mass is 278 g/mol. The number of likely N-dealkylation sites (tertiary alicyclic amines) is 1. The van der Waals surface area contributed by atoms with Crippen molar-refractivity contribution in [1.82, 2.24) is 10.2 Å². The normalized spacial score (nSPS) is 21.9. The number of hydrogen-bond donors (Lipinski definition) is 1. The fraction of sp³-hybridized carbons (Fsp3) is 0.647. The van der Waals surface area contributed by atoms with Gasteiger partial charge in [-0.3, -0.25) is 0 Å². The van der Waals surface area contributed by atoms with E-state index in [9.17, 15) is 4.39 Å². The van der Waals surface area contributed by atoms with Crippen LogP contribution in [0.15, 0.2) is 18.2 Å². The molecule has 0 amide bonds. The van der Waals surface area contributed by atoms with Gasteiger partial charge in [0.25, 0.3) is 0 Å². The summed E-state index contributed by atoms with van der Waals surface area (Å²) in [5.41, 5.74) is 1.75. The maximum Gasteiger partial charge on any atom is 0.126 e. The fourth-order valence-corrected chi connectivity index (χ4v) is 2.97. The van der Waals surface area contributed by atoms with Crippen LogP contribution < -0.4 is 5.32 Å². The number of halogens is 1. The maximum absolute atomic E-state index is 13.6. The molecule has 0 spiro atoms. The molecule has 0 saturated carbocycles. The summed E-state index contributed by atoms with van der Waals surface area (Å²) in [5, 5.41) is 3.52. The minimum atomic E-state index is -0.108. The van der Waals surface area contributed by atoms with Crippen LogP contribution in [0, 0.1) is 12.7 Å². The Morgan fingerprint density at radius 1 is 1.40 bits per heavy atom. The van der Waals surface area contributed by atoms with E-state index in [1.807, 2.05) is 12.1 Å². The van der Waals surface area contributed by atoms with Crippen molar-refractivity contribution in [1.29, 1.82) is 0 Å². The first-order valence-electron chi connectivity index (χ1n) is 7.77. The van der Waals surface area contributed by atoms with Gasteiger partial charge in [0.05, 0.1) is 0 Å². The molecule has 0 aromatic heterocycles. The summed E-state index contributed by atoms with van der Waals surface area (Å²) in [5.74, 6) is -0.108. The van der Waals surface area contributed by atoms with Crippen LogP contribution in [0.2, 0.25) is 0 Å².